The Morgan fingerprint density at radius 2 is 1.82 bits per heavy atom. The molecule has 1 fully saturated rings. The molecule has 0 aliphatic carbocycles. The average molecular weight is 378 g/mol. The maximum atomic E-state index is 12.5. The lowest BCUT2D eigenvalue weighted by Crippen LogP contribution is -2.40. The molecule has 3 aromatic rings. The summed E-state index contributed by atoms with van der Waals surface area (Å²) < 4.78 is 10.6. The third kappa shape index (κ3) is 3.98. The van der Waals surface area contributed by atoms with Crippen molar-refractivity contribution in [1.29, 1.82) is 0 Å². The van der Waals surface area contributed by atoms with Crippen LogP contribution in [0, 0.1) is 0 Å². The third-order valence-electron chi connectivity index (χ3n) is 4.95. The number of benzene rings is 2. The molecule has 1 aliphatic rings. The molecule has 0 radical (unpaired) electrons. The molecule has 144 valence electrons. The highest BCUT2D eigenvalue weighted by atomic mass is 16.5. The molecule has 0 bridgehead atoms. The van der Waals surface area contributed by atoms with E-state index in [2.05, 4.69) is 15.5 Å². The Bertz CT molecular complexity index is 916. The van der Waals surface area contributed by atoms with Crippen molar-refractivity contribution in [3.05, 3.63) is 60.5 Å². The molecule has 0 saturated carbocycles. The normalized spacial score (nSPS) is 14.7. The van der Waals surface area contributed by atoms with Crippen molar-refractivity contribution < 1.29 is 14.1 Å². The summed E-state index contributed by atoms with van der Waals surface area (Å²) in [4.78, 5) is 18.9. The molecule has 7 nitrogen and oxygen atoms in total. The molecular weight excluding hydrogens is 356 g/mol. The lowest BCUT2D eigenvalue weighted by Gasteiger charge is -2.30. The van der Waals surface area contributed by atoms with E-state index in [1.807, 2.05) is 59.5 Å². The maximum Gasteiger partial charge on any atom is 0.321 e. The number of hydrogen-bond acceptors (Lipinski definition) is 5. The van der Waals surface area contributed by atoms with Crippen LogP contribution in [0.15, 0.2) is 59.1 Å². The number of aromatic nitrogens is 2. The summed E-state index contributed by atoms with van der Waals surface area (Å²) in [5.41, 5.74) is 1.69. The van der Waals surface area contributed by atoms with E-state index in [0.717, 1.165) is 29.8 Å². The zero-order valence-electron chi connectivity index (χ0n) is 15.7. The van der Waals surface area contributed by atoms with Crippen molar-refractivity contribution in [2.75, 3.05) is 25.5 Å². The van der Waals surface area contributed by atoms with Crippen molar-refractivity contribution in [3.8, 4) is 17.1 Å². The molecule has 2 amide bonds. The number of piperidine rings is 1. The van der Waals surface area contributed by atoms with Crippen LogP contribution in [-0.2, 0) is 0 Å². The number of carbonyl (C=O) groups excluding carboxylic acids is 1. The van der Waals surface area contributed by atoms with E-state index in [1.54, 1.807) is 7.11 Å². The average Bonchev–Trinajstić information content (AvgIpc) is 3.25. The fourth-order valence-electron chi connectivity index (χ4n) is 3.31. The Kier molecular flexibility index (Phi) is 5.23. The van der Waals surface area contributed by atoms with E-state index >= 15 is 0 Å². The van der Waals surface area contributed by atoms with Crippen LogP contribution >= 0.6 is 0 Å². The van der Waals surface area contributed by atoms with Gasteiger partial charge in [-0.1, -0.05) is 35.5 Å². The topological polar surface area (TPSA) is 80.5 Å². The molecule has 1 N–H and O–H groups in total. The largest absolute Gasteiger partial charge is 0.497 e. The highest BCUT2D eigenvalue weighted by molar-refractivity contribution is 5.89. The zero-order valence-corrected chi connectivity index (χ0v) is 15.7. The Morgan fingerprint density at radius 1 is 1.11 bits per heavy atom. The van der Waals surface area contributed by atoms with Gasteiger partial charge in [0.2, 0.25) is 11.7 Å². The SMILES string of the molecule is COc1ccc(NC(=O)N2CCC(c3nc(-c4ccccc4)no3)CC2)cc1. The van der Waals surface area contributed by atoms with Gasteiger partial charge >= 0.3 is 6.03 Å². The Morgan fingerprint density at radius 3 is 2.50 bits per heavy atom. The predicted octanol–water partition coefficient (Wildman–Crippen LogP) is 4.16. The minimum atomic E-state index is -0.0980. The summed E-state index contributed by atoms with van der Waals surface area (Å²) in [6.07, 6.45) is 1.60. The first-order valence-corrected chi connectivity index (χ1v) is 9.32. The molecule has 0 atom stereocenters. The van der Waals surface area contributed by atoms with Gasteiger partial charge in [-0.2, -0.15) is 4.98 Å². The molecule has 7 heteroatoms. The first-order valence-electron chi connectivity index (χ1n) is 9.32. The second-order valence-corrected chi connectivity index (χ2v) is 6.74. The Labute approximate surface area is 163 Å². The summed E-state index contributed by atoms with van der Waals surface area (Å²) in [6.45, 7) is 1.30. The molecule has 1 saturated heterocycles. The van der Waals surface area contributed by atoms with E-state index < -0.39 is 0 Å². The van der Waals surface area contributed by atoms with Crippen molar-refractivity contribution in [1.82, 2.24) is 15.0 Å². The van der Waals surface area contributed by atoms with E-state index in [9.17, 15) is 4.79 Å². The van der Waals surface area contributed by atoms with Crippen LogP contribution in [0.1, 0.15) is 24.7 Å². The molecule has 2 aromatic carbocycles. The van der Waals surface area contributed by atoms with Gasteiger partial charge in [-0.15, -0.1) is 0 Å². The number of rotatable bonds is 4. The first-order chi connectivity index (χ1) is 13.7. The Hall–Kier alpha value is -3.35. The number of nitrogens with one attached hydrogen (secondary N) is 1. The van der Waals surface area contributed by atoms with Crippen LogP contribution in [0.25, 0.3) is 11.4 Å². The summed E-state index contributed by atoms with van der Waals surface area (Å²) in [5.74, 6) is 2.19. The summed E-state index contributed by atoms with van der Waals surface area (Å²) in [5, 5.41) is 7.02. The van der Waals surface area contributed by atoms with Crippen LogP contribution in [-0.4, -0.2) is 41.3 Å². The van der Waals surface area contributed by atoms with Crippen molar-refractivity contribution in [2.24, 2.45) is 0 Å². The fraction of sp³-hybridized carbons (Fsp3) is 0.286. The van der Waals surface area contributed by atoms with Gasteiger partial charge in [0.05, 0.1) is 7.11 Å². The third-order valence-corrected chi connectivity index (χ3v) is 4.95. The van der Waals surface area contributed by atoms with Crippen LogP contribution < -0.4 is 10.1 Å². The predicted molar refractivity (Wildman–Crippen MR) is 105 cm³/mol. The number of anilines is 1. The van der Waals surface area contributed by atoms with Gasteiger partial charge in [0.1, 0.15) is 5.75 Å². The van der Waals surface area contributed by atoms with Crippen molar-refractivity contribution in [3.63, 3.8) is 0 Å². The first kappa shape index (κ1) is 18.0. The number of methoxy groups -OCH3 is 1. The van der Waals surface area contributed by atoms with Crippen LogP contribution in [0.3, 0.4) is 0 Å². The molecular formula is C21H22N4O3. The van der Waals surface area contributed by atoms with Crippen molar-refractivity contribution in [2.45, 2.75) is 18.8 Å². The number of carbonyl (C=O) groups is 1. The molecule has 0 unspecified atom stereocenters. The molecule has 4 rings (SSSR count). The maximum absolute atomic E-state index is 12.5. The number of amides is 2. The van der Waals surface area contributed by atoms with E-state index in [4.69, 9.17) is 9.26 Å². The molecule has 2 heterocycles. The minimum Gasteiger partial charge on any atom is -0.497 e. The Balaban J connectivity index is 1.33. The summed E-state index contributed by atoms with van der Waals surface area (Å²) in [7, 11) is 1.62. The summed E-state index contributed by atoms with van der Waals surface area (Å²) >= 11 is 0. The highest BCUT2D eigenvalue weighted by Crippen LogP contribution is 2.29. The monoisotopic (exact) mass is 378 g/mol. The molecule has 0 spiro atoms. The van der Waals surface area contributed by atoms with Gasteiger partial charge in [-0.25, -0.2) is 4.79 Å². The van der Waals surface area contributed by atoms with E-state index in [1.165, 1.54) is 0 Å². The molecule has 1 aromatic heterocycles. The van der Waals surface area contributed by atoms with E-state index in [0.29, 0.717) is 24.8 Å². The number of hydrogen-bond donors (Lipinski definition) is 1. The molecule has 1 aliphatic heterocycles. The van der Waals surface area contributed by atoms with Crippen LogP contribution in [0.4, 0.5) is 10.5 Å². The van der Waals surface area contributed by atoms with Crippen LogP contribution in [0.2, 0.25) is 0 Å². The number of likely N-dealkylation sites (tertiary alicyclic amines) is 1. The van der Waals surface area contributed by atoms with Gasteiger partial charge in [0.25, 0.3) is 0 Å². The van der Waals surface area contributed by atoms with Gasteiger partial charge in [0.15, 0.2) is 0 Å². The second-order valence-electron chi connectivity index (χ2n) is 6.74. The number of urea groups is 1. The van der Waals surface area contributed by atoms with Gasteiger partial charge in [0, 0.05) is 30.3 Å². The molecule has 28 heavy (non-hydrogen) atoms. The smallest absolute Gasteiger partial charge is 0.321 e. The number of ether oxygens (including phenoxy) is 1. The van der Waals surface area contributed by atoms with Crippen molar-refractivity contribution >= 4 is 11.7 Å². The lowest BCUT2D eigenvalue weighted by atomic mass is 9.97. The number of nitrogens with zero attached hydrogens (tertiary/aromatic N) is 3. The standard InChI is InChI=1S/C21H22N4O3/c1-27-18-9-7-17(8-10-18)22-21(26)25-13-11-16(12-14-25)20-23-19(24-28-20)15-5-3-2-4-6-15/h2-10,16H,11-14H2,1H3,(H,22,26). The minimum absolute atomic E-state index is 0.0980. The zero-order chi connectivity index (χ0) is 19.3. The highest BCUT2D eigenvalue weighted by Gasteiger charge is 2.27. The van der Waals surface area contributed by atoms with Crippen LogP contribution in [0.5, 0.6) is 5.75 Å². The fourth-order valence-corrected chi connectivity index (χ4v) is 3.31. The quantitative estimate of drug-likeness (QED) is 0.737. The second kappa shape index (κ2) is 8.12. The summed E-state index contributed by atoms with van der Waals surface area (Å²) in [6, 6.07) is 17.0. The van der Waals surface area contributed by atoms with Gasteiger partial charge in [-0.3, -0.25) is 0 Å². The van der Waals surface area contributed by atoms with E-state index in [-0.39, 0.29) is 11.9 Å². The van der Waals surface area contributed by atoms with Gasteiger partial charge in [-0.05, 0) is 37.1 Å². The van der Waals surface area contributed by atoms with Gasteiger partial charge < -0.3 is 19.5 Å². The lowest BCUT2D eigenvalue weighted by molar-refractivity contribution is 0.187.